The van der Waals surface area contributed by atoms with Gasteiger partial charge in [-0.3, -0.25) is 0 Å². The van der Waals surface area contributed by atoms with Crippen molar-refractivity contribution in [3.63, 3.8) is 0 Å². The molecule has 0 aliphatic carbocycles. The van der Waals surface area contributed by atoms with Crippen LogP contribution in [-0.4, -0.2) is 15.1 Å². The Morgan fingerprint density at radius 1 is 1.15 bits per heavy atom. The topological polar surface area (TPSA) is 77.8 Å². The summed E-state index contributed by atoms with van der Waals surface area (Å²) in [7, 11) is 0. The van der Waals surface area contributed by atoms with Gasteiger partial charge in [-0.05, 0) is 29.8 Å². The third-order valence-electron chi connectivity index (χ3n) is 2.79. The Balaban J connectivity index is 1.84. The molecule has 0 fully saturated rings. The maximum absolute atomic E-state index is 12.8. The van der Waals surface area contributed by atoms with E-state index in [2.05, 4.69) is 15.1 Å². The fourth-order valence-electron chi connectivity index (χ4n) is 1.80. The van der Waals surface area contributed by atoms with E-state index in [1.165, 1.54) is 12.1 Å². The Hall–Kier alpha value is -2.76. The fourth-order valence-corrected chi connectivity index (χ4v) is 1.80. The molecule has 0 unspecified atom stereocenters. The monoisotopic (exact) mass is 270 g/mol. The van der Waals surface area contributed by atoms with E-state index in [1.807, 2.05) is 0 Å². The normalized spacial score (nSPS) is 10.7. The highest BCUT2D eigenvalue weighted by Gasteiger charge is 2.13. The summed E-state index contributed by atoms with van der Waals surface area (Å²) in [6, 6.07) is 9.60. The maximum atomic E-state index is 12.8. The Bertz CT molecular complexity index is 724. The molecule has 0 atom stereocenters. The maximum Gasteiger partial charge on any atom is 0.278 e. The quantitative estimate of drug-likeness (QED) is 0.790. The highest BCUT2D eigenvalue weighted by Crippen LogP contribution is 2.21. The van der Waals surface area contributed by atoms with Crippen molar-refractivity contribution in [1.82, 2.24) is 15.1 Å². The lowest BCUT2D eigenvalue weighted by atomic mass is 10.1. The standard InChI is InChI=1S/C14H11FN4O/c15-10-5-3-9(4-6-10)8-12-18-14(20-19-12)13-11(16)2-1-7-17-13/h1-7H,8,16H2. The summed E-state index contributed by atoms with van der Waals surface area (Å²) < 4.78 is 18.0. The SMILES string of the molecule is Nc1cccnc1-c1nc(Cc2ccc(F)cc2)no1. The molecule has 0 saturated heterocycles. The highest BCUT2D eigenvalue weighted by atomic mass is 19.1. The first-order valence-corrected chi connectivity index (χ1v) is 6.00. The van der Waals surface area contributed by atoms with Gasteiger partial charge in [-0.1, -0.05) is 17.3 Å². The van der Waals surface area contributed by atoms with Crippen molar-refractivity contribution in [2.45, 2.75) is 6.42 Å². The van der Waals surface area contributed by atoms with Crippen LogP contribution in [0, 0.1) is 5.82 Å². The molecule has 1 aromatic carbocycles. The van der Waals surface area contributed by atoms with Crippen molar-refractivity contribution in [3.05, 3.63) is 59.8 Å². The number of nitrogens with zero attached hydrogens (tertiary/aromatic N) is 3. The third kappa shape index (κ3) is 2.49. The number of hydrogen-bond donors (Lipinski definition) is 1. The lowest BCUT2D eigenvalue weighted by Crippen LogP contribution is -1.94. The summed E-state index contributed by atoms with van der Waals surface area (Å²) in [6.45, 7) is 0. The Labute approximate surface area is 114 Å². The van der Waals surface area contributed by atoms with Crippen molar-refractivity contribution >= 4 is 5.69 Å². The summed E-state index contributed by atoms with van der Waals surface area (Å²) in [6.07, 6.45) is 2.06. The van der Waals surface area contributed by atoms with Crippen LogP contribution in [0.3, 0.4) is 0 Å². The lowest BCUT2D eigenvalue weighted by molar-refractivity contribution is 0.423. The van der Waals surface area contributed by atoms with Gasteiger partial charge in [-0.15, -0.1) is 0 Å². The van der Waals surface area contributed by atoms with Gasteiger partial charge in [0.15, 0.2) is 11.5 Å². The molecular weight excluding hydrogens is 259 g/mol. The molecule has 2 aromatic heterocycles. The van der Waals surface area contributed by atoms with Crippen LogP contribution in [-0.2, 0) is 6.42 Å². The molecule has 0 aliphatic heterocycles. The van der Waals surface area contributed by atoms with Gasteiger partial charge in [0, 0.05) is 12.6 Å². The molecule has 2 N–H and O–H groups in total. The molecule has 0 bridgehead atoms. The van der Waals surface area contributed by atoms with Crippen LogP contribution >= 0.6 is 0 Å². The van der Waals surface area contributed by atoms with Gasteiger partial charge < -0.3 is 10.3 Å². The average molecular weight is 270 g/mol. The predicted octanol–water partition coefficient (Wildman–Crippen LogP) is 2.44. The van der Waals surface area contributed by atoms with E-state index in [1.54, 1.807) is 30.5 Å². The second-order valence-electron chi connectivity index (χ2n) is 4.26. The summed E-state index contributed by atoms with van der Waals surface area (Å²) in [4.78, 5) is 8.35. The zero-order chi connectivity index (χ0) is 13.9. The van der Waals surface area contributed by atoms with Crippen LogP contribution in [0.25, 0.3) is 11.6 Å². The minimum absolute atomic E-state index is 0.274. The zero-order valence-corrected chi connectivity index (χ0v) is 10.5. The third-order valence-corrected chi connectivity index (χ3v) is 2.79. The van der Waals surface area contributed by atoms with Gasteiger partial charge in [0.05, 0.1) is 5.69 Å². The van der Waals surface area contributed by atoms with Gasteiger partial charge in [0.1, 0.15) is 5.82 Å². The molecule has 0 amide bonds. The van der Waals surface area contributed by atoms with E-state index in [-0.39, 0.29) is 11.7 Å². The van der Waals surface area contributed by atoms with Gasteiger partial charge in [0.25, 0.3) is 5.89 Å². The fraction of sp³-hybridized carbons (Fsp3) is 0.0714. The average Bonchev–Trinajstić information content (AvgIpc) is 2.90. The van der Waals surface area contributed by atoms with Crippen LogP contribution in [0.5, 0.6) is 0 Å². The van der Waals surface area contributed by atoms with Crippen LogP contribution in [0.4, 0.5) is 10.1 Å². The van der Waals surface area contributed by atoms with Crippen LogP contribution < -0.4 is 5.73 Å². The molecule has 0 aliphatic rings. The van der Waals surface area contributed by atoms with E-state index >= 15 is 0 Å². The van der Waals surface area contributed by atoms with Crippen molar-refractivity contribution < 1.29 is 8.91 Å². The second kappa shape index (κ2) is 5.08. The van der Waals surface area contributed by atoms with Crippen LogP contribution in [0.15, 0.2) is 47.1 Å². The number of aromatic nitrogens is 3. The molecule has 20 heavy (non-hydrogen) atoms. The highest BCUT2D eigenvalue weighted by molar-refractivity contribution is 5.65. The second-order valence-corrected chi connectivity index (χ2v) is 4.26. The molecular formula is C14H11FN4O. The molecule has 2 heterocycles. The molecule has 3 aromatic rings. The lowest BCUT2D eigenvalue weighted by Gasteiger charge is -1.97. The van der Waals surface area contributed by atoms with Gasteiger partial charge in [-0.2, -0.15) is 4.98 Å². The smallest absolute Gasteiger partial charge is 0.278 e. The molecule has 100 valence electrons. The summed E-state index contributed by atoms with van der Waals surface area (Å²) >= 11 is 0. The number of anilines is 1. The van der Waals surface area contributed by atoms with E-state index in [0.717, 1.165) is 5.56 Å². The number of rotatable bonds is 3. The number of nitrogens with two attached hydrogens (primary N) is 1. The summed E-state index contributed by atoms with van der Waals surface area (Å²) in [5, 5.41) is 3.88. The molecule has 0 saturated carbocycles. The minimum atomic E-state index is -0.274. The van der Waals surface area contributed by atoms with Gasteiger partial charge in [-0.25, -0.2) is 9.37 Å². The molecule has 6 heteroatoms. The van der Waals surface area contributed by atoms with E-state index in [0.29, 0.717) is 23.6 Å². The first kappa shape index (κ1) is 12.3. The van der Waals surface area contributed by atoms with Crippen LogP contribution in [0.2, 0.25) is 0 Å². The van der Waals surface area contributed by atoms with Crippen LogP contribution in [0.1, 0.15) is 11.4 Å². The minimum Gasteiger partial charge on any atom is -0.397 e. The number of pyridine rings is 1. The molecule has 3 rings (SSSR count). The molecule has 0 spiro atoms. The summed E-state index contributed by atoms with van der Waals surface area (Å²) in [5.74, 6) is 0.501. The zero-order valence-electron chi connectivity index (χ0n) is 10.5. The first-order chi connectivity index (χ1) is 9.72. The molecule has 5 nitrogen and oxygen atoms in total. The number of nitrogen functional groups attached to an aromatic ring is 1. The first-order valence-electron chi connectivity index (χ1n) is 6.00. The van der Waals surface area contributed by atoms with Gasteiger partial charge >= 0.3 is 0 Å². The Kier molecular flexibility index (Phi) is 3.12. The van der Waals surface area contributed by atoms with E-state index in [4.69, 9.17) is 10.3 Å². The van der Waals surface area contributed by atoms with Crippen molar-refractivity contribution in [2.75, 3.05) is 5.73 Å². The Morgan fingerprint density at radius 2 is 1.95 bits per heavy atom. The summed E-state index contributed by atoms with van der Waals surface area (Å²) in [5.41, 5.74) is 7.63. The molecule has 0 radical (unpaired) electrons. The van der Waals surface area contributed by atoms with E-state index < -0.39 is 0 Å². The Morgan fingerprint density at radius 3 is 2.70 bits per heavy atom. The largest absolute Gasteiger partial charge is 0.397 e. The van der Waals surface area contributed by atoms with Crippen molar-refractivity contribution in [2.24, 2.45) is 0 Å². The predicted molar refractivity (Wildman–Crippen MR) is 71.1 cm³/mol. The number of benzene rings is 1. The number of halogens is 1. The van der Waals surface area contributed by atoms with E-state index in [9.17, 15) is 4.39 Å². The van der Waals surface area contributed by atoms with Gasteiger partial charge in [0.2, 0.25) is 0 Å². The van der Waals surface area contributed by atoms with Crippen molar-refractivity contribution in [1.29, 1.82) is 0 Å². The number of hydrogen-bond acceptors (Lipinski definition) is 5. The van der Waals surface area contributed by atoms with Crippen molar-refractivity contribution in [3.8, 4) is 11.6 Å².